The SMILES string of the molecule is CCCCc1nnc(NC(=O)CCc2c(-c3ccc(OC)cc3)[nH]c3ccccc23)s1. The Morgan fingerprint density at radius 3 is 2.68 bits per heavy atom. The van der Waals surface area contributed by atoms with E-state index in [0.29, 0.717) is 18.0 Å². The topological polar surface area (TPSA) is 79.9 Å². The number of anilines is 1. The maximum absolute atomic E-state index is 12.6. The molecule has 0 aliphatic carbocycles. The number of aryl methyl sites for hydroxylation is 2. The Hall–Kier alpha value is -3.19. The zero-order valence-corrected chi connectivity index (χ0v) is 18.6. The summed E-state index contributed by atoms with van der Waals surface area (Å²) in [6.45, 7) is 2.15. The van der Waals surface area contributed by atoms with Gasteiger partial charge in [0.25, 0.3) is 0 Å². The lowest BCUT2D eigenvalue weighted by molar-refractivity contribution is -0.116. The average Bonchev–Trinajstić information content (AvgIpc) is 3.40. The minimum absolute atomic E-state index is 0.0517. The number of H-pyrrole nitrogens is 1. The van der Waals surface area contributed by atoms with Crippen LogP contribution in [0.3, 0.4) is 0 Å². The number of hydrogen-bond donors (Lipinski definition) is 2. The number of ether oxygens (including phenoxy) is 1. The van der Waals surface area contributed by atoms with E-state index < -0.39 is 0 Å². The summed E-state index contributed by atoms with van der Waals surface area (Å²) >= 11 is 1.46. The highest BCUT2D eigenvalue weighted by Crippen LogP contribution is 2.32. The van der Waals surface area contributed by atoms with Crippen LogP contribution in [0.4, 0.5) is 5.13 Å². The van der Waals surface area contributed by atoms with Gasteiger partial charge in [-0.05, 0) is 54.3 Å². The molecular formula is C24H26N4O2S. The van der Waals surface area contributed by atoms with Crippen molar-refractivity contribution in [3.8, 4) is 17.0 Å². The van der Waals surface area contributed by atoms with Crippen LogP contribution in [0.15, 0.2) is 48.5 Å². The monoisotopic (exact) mass is 434 g/mol. The van der Waals surface area contributed by atoms with Crippen molar-refractivity contribution >= 4 is 33.3 Å². The summed E-state index contributed by atoms with van der Waals surface area (Å²) in [5.74, 6) is 0.764. The molecule has 1 amide bonds. The molecule has 4 rings (SSSR count). The fraction of sp³-hybridized carbons (Fsp3) is 0.292. The summed E-state index contributed by atoms with van der Waals surface area (Å²) in [6, 6.07) is 16.2. The van der Waals surface area contributed by atoms with Crippen LogP contribution in [0, 0.1) is 0 Å². The Kier molecular flexibility index (Phi) is 6.62. The highest BCUT2D eigenvalue weighted by atomic mass is 32.1. The summed E-state index contributed by atoms with van der Waals surface area (Å²) in [6.07, 6.45) is 4.10. The molecular weight excluding hydrogens is 408 g/mol. The number of carbonyl (C=O) groups excluding carboxylic acids is 1. The van der Waals surface area contributed by atoms with Crippen molar-refractivity contribution in [1.82, 2.24) is 15.2 Å². The molecule has 0 unspecified atom stereocenters. The van der Waals surface area contributed by atoms with Crippen LogP contribution in [0.1, 0.15) is 36.8 Å². The number of nitrogens with zero attached hydrogens (tertiary/aromatic N) is 2. The van der Waals surface area contributed by atoms with Gasteiger partial charge in [0.2, 0.25) is 11.0 Å². The third-order valence-corrected chi connectivity index (χ3v) is 6.15. The molecule has 7 heteroatoms. The molecule has 6 nitrogen and oxygen atoms in total. The predicted octanol–water partition coefficient (Wildman–Crippen LogP) is 5.61. The van der Waals surface area contributed by atoms with Gasteiger partial charge in [-0.2, -0.15) is 0 Å². The molecule has 31 heavy (non-hydrogen) atoms. The molecule has 2 aromatic heterocycles. The minimum Gasteiger partial charge on any atom is -0.497 e. The lowest BCUT2D eigenvalue weighted by Crippen LogP contribution is -2.12. The summed E-state index contributed by atoms with van der Waals surface area (Å²) in [5, 5.41) is 13.9. The Bertz CT molecular complexity index is 1160. The molecule has 2 aromatic carbocycles. The van der Waals surface area contributed by atoms with Crippen LogP contribution in [0.25, 0.3) is 22.2 Å². The van der Waals surface area contributed by atoms with Crippen LogP contribution in [0.5, 0.6) is 5.75 Å². The number of fused-ring (bicyclic) bond motifs is 1. The van der Waals surface area contributed by atoms with Gasteiger partial charge in [0.1, 0.15) is 10.8 Å². The number of para-hydroxylation sites is 1. The van der Waals surface area contributed by atoms with Gasteiger partial charge in [0, 0.05) is 29.4 Å². The van der Waals surface area contributed by atoms with E-state index in [0.717, 1.165) is 57.7 Å². The Morgan fingerprint density at radius 1 is 1.10 bits per heavy atom. The van der Waals surface area contributed by atoms with Crippen molar-refractivity contribution in [2.75, 3.05) is 12.4 Å². The van der Waals surface area contributed by atoms with Gasteiger partial charge in [-0.1, -0.05) is 42.9 Å². The third-order valence-electron chi connectivity index (χ3n) is 5.25. The third kappa shape index (κ3) is 4.94. The number of rotatable bonds is 9. The van der Waals surface area contributed by atoms with Crippen LogP contribution < -0.4 is 10.1 Å². The van der Waals surface area contributed by atoms with Crippen molar-refractivity contribution in [3.05, 3.63) is 59.1 Å². The lowest BCUT2D eigenvalue weighted by atomic mass is 10.0. The Labute approximate surface area is 185 Å². The molecule has 0 atom stereocenters. The molecule has 0 radical (unpaired) electrons. The molecule has 2 N–H and O–H groups in total. The highest BCUT2D eigenvalue weighted by molar-refractivity contribution is 7.15. The summed E-state index contributed by atoms with van der Waals surface area (Å²) in [5.41, 5.74) is 4.30. The number of unbranched alkanes of at least 4 members (excludes halogenated alkanes) is 1. The molecule has 4 aromatic rings. The van der Waals surface area contributed by atoms with E-state index in [9.17, 15) is 4.79 Å². The molecule has 2 heterocycles. The minimum atomic E-state index is -0.0517. The first-order valence-electron chi connectivity index (χ1n) is 10.5. The molecule has 0 aliphatic heterocycles. The maximum Gasteiger partial charge on any atom is 0.226 e. The molecule has 0 spiro atoms. The number of carbonyl (C=O) groups is 1. The van der Waals surface area contributed by atoms with E-state index in [4.69, 9.17) is 4.74 Å². The zero-order chi connectivity index (χ0) is 21.6. The van der Waals surface area contributed by atoms with E-state index in [-0.39, 0.29) is 5.91 Å². The van der Waals surface area contributed by atoms with Crippen molar-refractivity contribution in [2.24, 2.45) is 0 Å². The van der Waals surface area contributed by atoms with E-state index in [2.05, 4.69) is 39.6 Å². The van der Waals surface area contributed by atoms with E-state index in [1.807, 2.05) is 36.4 Å². The Morgan fingerprint density at radius 2 is 1.90 bits per heavy atom. The molecule has 0 bridgehead atoms. The van der Waals surface area contributed by atoms with E-state index in [1.165, 1.54) is 11.3 Å². The Balaban J connectivity index is 1.50. The van der Waals surface area contributed by atoms with Crippen molar-refractivity contribution in [1.29, 1.82) is 0 Å². The second-order valence-electron chi connectivity index (χ2n) is 7.41. The van der Waals surface area contributed by atoms with Gasteiger partial charge in [0.05, 0.1) is 7.11 Å². The zero-order valence-electron chi connectivity index (χ0n) is 17.8. The van der Waals surface area contributed by atoms with E-state index >= 15 is 0 Å². The summed E-state index contributed by atoms with van der Waals surface area (Å²) < 4.78 is 5.28. The normalized spacial score (nSPS) is 11.0. The fourth-order valence-electron chi connectivity index (χ4n) is 3.62. The van der Waals surface area contributed by atoms with Crippen LogP contribution >= 0.6 is 11.3 Å². The number of aromatic amines is 1. The summed E-state index contributed by atoms with van der Waals surface area (Å²) in [4.78, 5) is 16.1. The van der Waals surface area contributed by atoms with Crippen LogP contribution in [-0.4, -0.2) is 28.2 Å². The lowest BCUT2D eigenvalue weighted by Gasteiger charge is -2.07. The molecule has 0 aliphatic rings. The van der Waals surface area contributed by atoms with Gasteiger partial charge in [0.15, 0.2) is 0 Å². The predicted molar refractivity (Wildman–Crippen MR) is 126 cm³/mol. The highest BCUT2D eigenvalue weighted by Gasteiger charge is 2.15. The first kappa shape index (κ1) is 21.1. The van der Waals surface area contributed by atoms with Gasteiger partial charge in [-0.15, -0.1) is 10.2 Å². The fourth-order valence-corrected chi connectivity index (χ4v) is 4.42. The van der Waals surface area contributed by atoms with Gasteiger partial charge in [-0.3, -0.25) is 4.79 Å². The maximum atomic E-state index is 12.6. The molecule has 160 valence electrons. The quantitative estimate of drug-likeness (QED) is 0.359. The first-order valence-corrected chi connectivity index (χ1v) is 11.4. The molecule has 0 fully saturated rings. The van der Waals surface area contributed by atoms with Gasteiger partial charge < -0.3 is 15.0 Å². The van der Waals surface area contributed by atoms with Crippen LogP contribution in [-0.2, 0) is 17.6 Å². The van der Waals surface area contributed by atoms with Gasteiger partial charge >= 0.3 is 0 Å². The number of amides is 1. The second-order valence-corrected chi connectivity index (χ2v) is 8.47. The van der Waals surface area contributed by atoms with Crippen molar-refractivity contribution < 1.29 is 9.53 Å². The molecule has 0 saturated carbocycles. The van der Waals surface area contributed by atoms with Crippen molar-refractivity contribution in [2.45, 2.75) is 39.0 Å². The smallest absolute Gasteiger partial charge is 0.226 e. The summed E-state index contributed by atoms with van der Waals surface area (Å²) in [7, 11) is 1.66. The number of hydrogen-bond acceptors (Lipinski definition) is 5. The molecule has 0 saturated heterocycles. The van der Waals surface area contributed by atoms with Crippen LogP contribution in [0.2, 0.25) is 0 Å². The first-order chi connectivity index (χ1) is 15.2. The number of aromatic nitrogens is 3. The number of benzene rings is 2. The van der Waals surface area contributed by atoms with Gasteiger partial charge in [-0.25, -0.2) is 0 Å². The second kappa shape index (κ2) is 9.75. The standard InChI is InChI=1S/C24H26N4O2S/c1-3-4-9-22-27-28-24(31-22)26-21(29)15-14-19-18-7-5-6-8-20(18)25-23(19)16-10-12-17(30-2)13-11-16/h5-8,10-13,25H,3-4,9,14-15H2,1-2H3,(H,26,28,29). The number of nitrogens with one attached hydrogen (secondary N) is 2. The largest absolute Gasteiger partial charge is 0.497 e. The van der Waals surface area contributed by atoms with E-state index in [1.54, 1.807) is 7.11 Å². The average molecular weight is 435 g/mol. The number of methoxy groups -OCH3 is 1. The van der Waals surface area contributed by atoms with Crippen molar-refractivity contribution in [3.63, 3.8) is 0 Å².